The number of likely N-dealkylation sites (N-methyl/N-ethyl adjacent to an activating group) is 1. The lowest BCUT2D eigenvalue weighted by Gasteiger charge is -2.14. The lowest BCUT2D eigenvalue weighted by Crippen LogP contribution is -2.29. The predicted octanol–water partition coefficient (Wildman–Crippen LogP) is 1.81. The zero-order valence-corrected chi connectivity index (χ0v) is 8.50. The van der Waals surface area contributed by atoms with Gasteiger partial charge in [0, 0.05) is 18.8 Å². The van der Waals surface area contributed by atoms with Gasteiger partial charge in [0.15, 0.2) is 11.6 Å². The van der Waals surface area contributed by atoms with Crippen LogP contribution in [0.4, 0.5) is 19.3 Å². The molecule has 0 saturated carbocycles. The SMILES string of the molecule is CN1C(=N)CN(c2ccc(F)c(F)c2)C1=O. The van der Waals surface area contributed by atoms with E-state index in [1.165, 1.54) is 18.0 Å². The minimum absolute atomic E-state index is 0.0698. The molecule has 1 saturated heterocycles. The van der Waals surface area contributed by atoms with E-state index < -0.39 is 17.7 Å². The molecule has 0 radical (unpaired) electrons. The summed E-state index contributed by atoms with van der Waals surface area (Å²) in [7, 11) is 1.46. The Balaban J connectivity index is 2.35. The van der Waals surface area contributed by atoms with Crippen molar-refractivity contribution in [2.75, 3.05) is 18.5 Å². The van der Waals surface area contributed by atoms with Crippen LogP contribution in [0.5, 0.6) is 0 Å². The van der Waals surface area contributed by atoms with E-state index >= 15 is 0 Å². The van der Waals surface area contributed by atoms with Crippen molar-refractivity contribution in [1.82, 2.24) is 4.90 Å². The Kier molecular flexibility index (Phi) is 2.34. The molecule has 1 N–H and O–H groups in total. The molecule has 0 bridgehead atoms. The lowest BCUT2D eigenvalue weighted by atomic mass is 10.3. The van der Waals surface area contributed by atoms with E-state index in [4.69, 9.17) is 5.41 Å². The van der Waals surface area contributed by atoms with Gasteiger partial charge in [-0.05, 0) is 12.1 Å². The molecule has 1 aliphatic heterocycles. The average Bonchev–Trinajstić information content (AvgIpc) is 2.50. The number of benzene rings is 1. The van der Waals surface area contributed by atoms with E-state index in [0.29, 0.717) is 0 Å². The molecule has 6 heteroatoms. The predicted molar refractivity (Wildman–Crippen MR) is 54.6 cm³/mol. The van der Waals surface area contributed by atoms with Crippen LogP contribution in [0, 0.1) is 17.0 Å². The molecule has 1 heterocycles. The first kappa shape index (κ1) is 10.5. The Morgan fingerprint density at radius 1 is 1.31 bits per heavy atom. The van der Waals surface area contributed by atoms with E-state index in [9.17, 15) is 13.6 Å². The first-order valence-electron chi connectivity index (χ1n) is 4.58. The number of amides is 2. The summed E-state index contributed by atoms with van der Waals surface area (Å²) in [5.74, 6) is -1.85. The van der Waals surface area contributed by atoms with Crippen molar-refractivity contribution in [3.05, 3.63) is 29.8 Å². The molecule has 4 nitrogen and oxygen atoms in total. The van der Waals surface area contributed by atoms with Crippen LogP contribution in [0.3, 0.4) is 0 Å². The van der Waals surface area contributed by atoms with Gasteiger partial charge < -0.3 is 0 Å². The maximum atomic E-state index is 13.0. The van der Waals surface area contributed by atoms with Crippen LogP contribution in [0.1, 0.15) is 0 Å². The van der Waals surface area contributed by atoms with E-state index in [1.54, 1.807) is 0 Å². The van der Waals surface area contributed by atoms with Crippen molar-refractivity contribution >= 4 is 17.6 Å². The molecular weight excluding hydrogens is 216 g/mol. The largest absolute Gasteiger partial charge is 0.330 e. The Labute approximate surface area is 90.6 Å². The molecule has 0 aliphatic carbocycles. The van der Waals surface area contributed by atoms with E-state index in [2.05, 4.69) is 0 Å². The van der Waals surface area contributed by atoms with Gasteiger partial charge in [-0.3, -0.25) is 15.2 Å². The van der Waals surface area contributed by atoms with Gasteiger partial charge in [-0.1, -0.05) is 0 Å². The normalized spacial score (nSPS) is 16.2. The summed E-state index contributed by atoms with van der Waals surface area (Å²) in [6, 6.07) is 2.79. The summed E-state index contributed by atoms with van der Waals surface area (Å²) in [6.45, 7) is 0.0698. The topological polar surface area (TPSA) is 47.4 Å². The number of nitrogens with zero attached hydrogens (tertiary/aromatic N) is 2. The molecule has 1 aromatic carbocycles. The van der Waals surface area contributed by atoms with Gasteiger partial charge in [0.05, 0.1) is 6.54 Å². The summed E-state index contributed by atoms with van der Waals surface area (Å²) in [5, 5.41) is 7.46. The van der Waals surface area contributed by atoms with Crippen molar-refractivity contribution < 1.29 is 13.6 Å². The van der Waals surface area contributed by atoms with E-state index in [-0.39, 0.29) is 18.1 Å². The number of carbonyl (C=O) groups excluding carboxylic acids is 1. The van der Waals surface area contributed by atoms with Gasteiger partial charge >= 0.3 is 6.03 Å². The second kappa shape index (κ2) is 3.55. The summed E-state index contributed by atoms with van der Waals surface area (Å²) in [4.78, 5) is 14.0. The number of hydrogen-bond donors (Lipinski definition) is 1. The Bertz CT molecular complexity index is 475. The highest BCUT2D eigenvalue weighted by atomic mass is 19.2. The number of halogens is 2. The molecule has 1 fully saturated rings. The lowest BCUT2D eigenvalue weighted by molar-refractivity contribution is 0.237. The highest BCUT2D eigenvalue weighted by Gasteiger charge is 2.31. The number of hydrogen-bond acceptors (Lipinski definition) is 2. The average molecular weight is 225 g/mol. The van der Waals surface area contributed by atoms with Crippen molar-refractivity contribution in [3.63, 3.8) is 0 Å². The van der Waals surface area contributed by atoms with Gasteiger partial charge in [0.2, 0.25) is 0 Å². The minimum Gasteiger partial charge on any atom is -0.286 e. The molecule has 16 heavy (non-hydrogen) atoms. The molecule has 0 spiro atoms. The van der Waals surface area contributed by atoms with Crippen LogP contribution >= 0.6 is 0 Å². The Hall–Kier alpha value is -1.98. The maximum Gasteiger partial charge on any atom is 0.330 e. The van der Waals surface area contributed by atoms with Crippen molar-refractivity contribution in [2.24, 2.45) is 0 Å². The van der Waals surface area contributed by atoms with Crippen LogP contribution in [0.2, 0.25) is 0 Å². The molecule has 1 aromatic rings. The third-order valence-electron chi connectivity index (χ3n) is 2.45. The number of nitrogens with one attached hydrogen (secondary N) is 1. The molecule has 2 rings (SSSR count). The van der Waals surface area contributed by atoms with Crippen LogP contribution in [0.25, 0.3) is 0 Å². The van der Waals surface area contributed by atoms with Gasteiger partial charge in [0.25, 0.3) is 0 Å². The van der Waals surface area contributed by atoms with Gasteiger partial charge in [-0.15, -0.1) is 0 Å². The molecule has 1 aliphatic rings. The maximum absolute atomic E-state index is 13.0. The minimum atomic E-state index is -1.01. The fourth-order valence-electron chi connectivity index (χ4n) is 1.47. The van der Waals surface area contributed by atoms with Crippen LogP contribution < -0.4 is 4.90 Å². The third kappa shape index (κ3) is 1.52. The standard InChI is InChI=1S/C10H9F2N3O/c1-14-9(13)5-15(10(14)16)6-2-3-7(11)8(12)4-6/h2-4,13H,5H2,1H3. The summed E-state index contributed by atoms with van der Waals surface area (Å²) >= 11 is 0. The number of anilines is 1. The van der Waals surface area contributed by atoms with E-state index in [1.807, 2.05) is 0 Å². The third-order valence-corrected chi connectivity index (χ3v) is 2.45. The van der Waals surface area contributed by atoms with Gasteiger partial charge in [-0.2, -0.15) is 0 Å². The smallest absolute Gasteiger partial charge is 0.286 e. The van der Waals surface area contributed by atoms with Crippen LogP contribution in [0.15, 0.2) is 18.2 Å². The molecule has 0 aromatic heterocycles. The van der Waals surface area contributed by atoms with Crippen molar-refractivity contribution in [3.8, 4) is 0 Å². The number of carbonyl (C=O) groups is 1. The van der Waals surface area contributed by atoms with Crippen molar-refractivity contribution in [2.45, 2.75) is 0 Å². The number of urea groups is 1. The van der Waals surface area contributed by atoms with E-state index in [0.717, 1.165) is 17.0 Å². The zero-order chi connectivity index (χ0) is 11.9. The highest BCUT2D eigenvalue weighted by Crippen LogP contribution is 2.22. The Morgan fingerprint density at radius 3 is 2.50 bits per heavy atom. The van der Waals surface area contributed by atoms with Crippen molar-refractivity contribution in [1.29, 1.82) is 5.41 Å². The van der Waals surface area contributed by atoms with Gasteiger partial charge in [-0.25, -0.2) is 13.6 Å². The quantitative estimate of drug-likeness (QED) is 0.778. The number of amidine groups is 1. The fourth-order valence-corrected chi connectivity index (χ4v) is 1.47. The number of rotatable bonds is 1. The fraction of sp³-hybridized carbons (Fsp3) is 0.200. The Morgan fingerprint density at radius 2 is 2.00 bits per heavy atom. The monoisotopic (exact) mass is 225 g/mol. The molecule has 84 valence electrons. The molecule has 0 atom stereocenters. The first-order chi connectivity index (χ1) is 7.50. The summed E-state index contributed by atoms with van der Waals surface area (Å²) in [5.41, 5.74) is 0.248. The van der Waals surface area contributed by atoms with Crippen LogP contribution in [-0.2, 0) is 0 Å². The zero-order valence-electron chi connectivity index (χ0n) is 8.50. The van der Waals surface area contributed by atoms with Gasteiger partial charge in [0.1, 0.15) is 5.84 Å². The summed E-state index contributed by atoms with van der Waals surface area (Å²) < 4.78 is 25.7. The molecule has 0 unspecified atom stereocenters. The molecular formula is C10H9F2N3O. The molecule has 2 amide bonds. The highest BCUT2D eigenvalue weighted by molar-refractivity contribution is 6.12. The second-order valence-electron chi connectivity index (χ2n) is 3.47. The first-order valence-corrected chi connectivity index (χ1v) is 4.58. The van der Waals surface area contributed by atoms with Crippen LogP contribution in [-0.4, -0.2) is 30.4 Å². The summed E-state index contributed by atoms with van der Waals surface area (Å²) in [6.07, 6.45) is 0. The second-order valence-corrected chi connectivity index (χ2v) is 3.47.